The van der Waals surface area contributed by atoms with E-state index in [1.54, 1.807) is 29.8 Å². The van der Waals surface area contributed by atoms with Crippen LogP contribution in [0.2, 0.25) is 10.2 Å². The van der Waals surface area contributed by atoms with Crippen molar-refractivity contribution in [1.29, 1.82) is 0 Å². The van der Waals surface area contributed by atoms with E-state index in [1.807, 2.05) is 30.3 Å². The van der Waals surface area contributed by atoms with Crippen LogP contribution < -0.4 is 0 Å². The summed E-state index contributed by atoms with van der Waals surface area (Å²) in [5.41, 5.74) is 1.81. The van der Waals surface area contributed by atoms with Gasteiger partial charge in [0.25, 0.3) is 0 Å². The number of aliphatic hydroxyl groups is 1. The Morgan fingerprint density at radius 2 is 1.72 bits per heavy atom. The minimum absolute atomic E-state index is 0.00674. The summed E-state index contributed by atoms with van der Waals surface area (Å²) in [7, 11) is 1.64. The summed E-state index contributed by atoms with van der Waals surface area (Å²) in [6.45, 7) is -0.541. The van der Waals surface area contributed by atoms with Crippen molar-refractivity contribution in [2.45, 2.75) is 12.8 Å². The monoisotopic (exact) mass is 528 g/mol. The van der Waals surface area contributed by atoms with Crippen LogP contribution in [0.5, 0.6) is 0 Å². The highest BCUT2D eigenvalue weighted by Crippen LogP contribution is 2.42. The highest BCUT2D eigenvalue weighted by Gasteiger charge is 2.35. The van der Waals surface area contributed by atoms with Gasteiger partial charge in [-0.1, -0.05) is 59.6 Å². The van der Waals surface area contributed by atoms with Crippen LogP contribution in [0, 0.1) is 0 Å². The summed E-state index contributed by atoms with van der Waals surface area (Å²) in [5, 5.41) is 11.3. The third-order valence-corrected chi connectivity index (χ3v) is 6.55. The van der Waals surface area contributed by atoms with Crippen LogP contribution in [0.1, 0.15) is 11.3 Å². The molecule has 0 saturated heterocycles. The molecule has 0 amide bonds. The van der Waals surface area contributed by atoms with Crippen molar-refractivity contribution in [1.82, 2.24) is 19.5 Å². The SMILES string of the molecule is Cn1cncc1-c1nc(C(F)(F)F)cc(-c2ccc3nc(Cl)c(-c4ccccc4)c(Cl)c3c2)c1CO. The van der Waals surface area contributed by atoms with Gasteiger partial charge in [-0.25, -0.2) is 15.0 Å². The predicted octanol–water partition coefficient (Wildman–Crippen LogP) is 7.18. The number of nitrogens with zero attached hydrogens (tertiary/aromatic N) is 4. The van der Waals surface area contributed by atoms with Gasteiger partial charge in [-0.2, -0.15) is 13.2 Å². The Balaban J connectivity index is 1.79. The Hall–Kier alpha value is -3.46. The fourth-order valence-corrected chi connectivity index (χ4v) is 4.84. The van der Waals surface area contributed by atoms with Crippen molar-refractivity contribution in [3.8, 4) is 33.6 Å². The molecule has 182 valence electrons. The lowest BCUT2D eigenvalue weighted by molar-refractivity contribution is -0.141. The molecule has 0 saturated carbocycles. The van der Waals surface area contributed by atoms with Crippen molar-refractivity contribution in [2.75, 3.05) is 0 Å². The van der Waals surface area contributed by atoms with Crippen molar-refractivity contribution >= 4 is 34.1 Å². The number of aliphatic hydroxyl groups excluding tert-OH is 1. The van der Waals surface area contributed by atoms with Gasteiger partial charge in [0.05, 0.1) is 41.1 Å². The summed E-state index contributed by atoms with van der Waals surface area (Å²) in [5.74, 6) is 0. The first kappa shape index (κ1) is 24.2. The number of rotatable bonds is 4. The van der Waals surface area contributed by atoms with Crippen LogP contribution >= 0.6 is 23.2 Å². The van der Waals surface area contributed by atoms with Crippen LogP contribution in [-0.2, 0) is 19.8 Å². The van der Waals surface area contributed by atoms with E-state index < -0.39 is 18.5 Å². The highest BCUT2D eigenvalue weighted by atomic mass is 35.5. The number of fused-ring (bicyclic) bond motifs is 1. The molecule has 0 aliphatic heterocycles. The topological polar surface area (TPSA) is 63.8 Å². The number of alkyl halides is 3. The second-order valence-electron chi connectivity index (χ2n) is 8.12. The van der Waals surface area contributed by atoms with Crippen LogP contribution in [0.15, 0.2) is 67.1 Å². The molecule has 0 atom stereocenters. The fraction of sp³-hybridized carbons (Fsp3) is 0.115. The number of hydrogen-bond acceptors (Lipinski definition) is 4. The van der Waals surface area contributed by atoms with Crippen molar-refractivity contribution < 1.29 is 18.3 Å². The molecule has 0 aliphatic rings. The molecule has 3 heterocycles. The Bertz CT molecular complexity index is 1600. The van der Waals surface area contributed by atoms with E-state index in [2.05, 4.69) is 15.0 Å². The molecular weight excluding hydrogens is 512 g/mol. The van der Waals surface area contributed by atoms with Crippen LogP contribution in [0.4, 0.5) is 13.2 Å². The second kappa shape index (κ2) is 9.20. The van der Waals surface area contributed by atoms with Crippen molar-refractivity contribution in [3.63, 3.8) is 0 Å². The van der Waals surface area contributed by atoms with E-state index in [0.29, 0.717) is 32.7 Å². The van der Waals surface area contributed by atoms with Gasteiger partial charge in [0.2, 0.25) is 0 Å². The maximum Gasteiger partial charge on any atom is 0.433 e. The summed E-state index contributed by atoms with van der Waals surface area (Å²) in [6.07, 6.45) is -1.85. The minimum atomic E-state index is -4.71. The zero-order valence-corrected chi connectivity index (χ0v) is 20.2. The Morgan fingerprint density at radius 1 is 0.972 bits per heavy atom. The number of imidazole rings is 1. The average molecular weight is 529 g/mol. The number of benzene rings is 2. The quantitative estimate of drug-likeness (QED) is 0.251. The molecule has 0 aliphatic carbocycles. The highest BCUT2D eigenvalue weighted by molar-refractivity contribution is 6.42. The van der Waals surface area contributed by atoms with Gasteiger partial charge >= 0.3 is 6.18 Å². The molecule has 3 aromatic heterocycles. The van der Waals surface area contributed by atoms with Crippen molar-refractivity contribution in [3.05, 3.63) is 88.6 Å². The molecule has 5 nitrogen and oxygen atoms in total. The third-order valence-electron chi connectivity index (χ3n) is 5.88. The lowest BCUT2D eigenvalue weighted by Crippen LogP contribution is -2.12. The number of halogens is 5. The van der Waals surface area contributed by atoms with Crippen LogP contribution in [0.25, 0.3) is 44.5 Å². The maximum atomic E-state index is 13.9. The Kier molecular flexibility index (Phi) is 6.20. The van der Waals surface area contributed by atoms with E-state index in [0.717, 1.165) is 11.6 Å². The van der Waals surface area contributed by atoms with Gasteiger partial charge in [0.1, 0.15) is 10.8 Å². The van der Waals surface area contributed by atoms with E-state index in [9.17, 15) is 18.3 Å². The molecule has 36 heavy (non-hydrogen) atoms. The Morgan fingerprint density at radius 3 is 2.36 bits per heavy atom. The van der Waals surface area contributed by atoms with Gasteiger partial charge in [-0.15, -0.1) is 0 Å². The van der Waals surface area contributed by atoms with E-state index in [-0.39, 0.29) is 22.0 Å². The van der Waals surface area contributed by atoms with E-state index in [4.69, 9.17) is 23.2 Å². The molecular formula is C26H17Cl2F3N4O. The van der Waals surface area contributed by atoms with E-state index >= 15 is 0 Å². The second-order valence-corrected chi connectivity index (χ2v) is 8.85. The number of pyridine rings is 2. The van der Waals surface area contributed by atoms with E-state index in [1.165, 1.54) is 12.5 Å². The lowest BCUT2D eigenvalue weighted by atomic mass is 9.95. The minimum Gasteiger partial charge on any atom is -0.392 e. The molecule has 1 N–H and O–H groups in total. The van der Waals surface area contributed by atoms with Gasteiger partial charge < -0.3 is 9.67 Å². The van der Waals surface area contributed by atoms with Gasteiger partial charge in [0, 0.05) is 23.6 Å². The molecule has 2 aromatic carbocycles. The van der Waals surface area contributed by atoms with Gasteiger partial charge in [0.15, 0.2) is 0 Å². The normalized spacial score (nSPS) is 11.9. The Labute approximate surface area is 213 Å². The summed E-state index contributed by atoms with van der Waals surface area (Å²) in [6, 6.07) is 15.0. The number of aromatic nitrogens is 4. The summed E-state index contributed by atoms with van der Waals surface area (Å²) >= 11 is 13.2. The largest absolute Gasteiger partial charge is 0.433 e. The summed E-state index contributed by atoms with van der Waals surface area (Å²) < 4.78 is 43.1. The maximum absolute atomic E-state index is 13.9. The standard InChI is InChI=1S/C26H17Cl2F3N4O/c1-35-13-32-11-20(35)24-18(12-36)16(10-21(34-24)26(29,30)31)15-7-8-19-17(9-15)23(27)22(25(28)33-19)14-5-3-2-4-6-14/h2-11,13,36H,12H2,1H3. The molecule has 0 unspecified atom stereocenters. The smallest absolute Gasteiger partial charge is 0.392 e. The molecule has 0 fully saturated rings. The number of aryl methyl sites for hydroxylation is 1. The zero-order chi connectivity index (χ0) is 25.6. The van der Waals surface area contributed by atoms with Crippen LogP contribution in [-0.4, -0.2) is 24.6 Å². The first-order chi connectivity index (χ1) is 17.2. The third kappa shape index (κ3) is 4.21. The molecule has 5 aromatic rings. The summed E-state index contributed by atoms with van der Waals surface area (Å²) in [4.78, 5) is 12.3. The average Bonchev–Trinajstić information content (AvgIpc) is 3.28. The first-order valence-corrected chi connectivity index (χ1v) is 11.5. The van der Waals surface area contributed by atoms with Crippen LogP contribution in [0.3, 0.4) is 0 Å². The molecule has 0 bridgehead atoms. The fourth-order valence-electron chi connectivity index (χ4n) is 4.15. The predicted molar refractivity (Wildman–Crippen MR) is 134 cm³/mol. The first-order valence-electron chi connectivity index (χ1n) is 10.7. The van der Waals surface area contributed by atoms with Gasteiger partial charge in [-0.3, -0.25) is 0 Å². The molecule has 10 heteroatoms. The molecule has 0 spiro atoms. The zero-order valence-electron chi connectivity index (χ0n) is 18.7. The van der Waals surface area contributed by atoms with Crippen molar-refractivity contribution in [2.24, 2.45) is 7.05 Å². The lowest BCUT2D eigenvalue weighted by Gasteiger charge is -2.18. The number of hydrogen-bond donors (Lipinski definition) is 1. The molecule has 0 radical (unpaired) electrons. The van der Waals surface area contributed by atoms with Gasteiger partial charge in [-0.05, 0) is 34.9 Å². The molecule has 5 rings (SSSR count).